The van der Waals surface area contributed by atoms with Crippen LogP contribution in [-0.2, 0) is 4.74 Å². The third-order valence-corrected chi connectivity index (χ3v) is 5.93. The first-order valence-electron chi connectivity index (χ1n) is 11.6. The first-order chi connectivity index (χ1) is 16.0. The van der Waals surface area contributed by atoms with Crippen molar-refractivity contribution in [2.45, 2.75) is 39.3 Å². The molecule has 0 saturated carbocycles. The third kappa shape index (κ3) is 7.12. The van der Waals surface area contributed by atoms with Gasteiger partial charge in [0, 0.05) is 49.5 Å². The van der Waals surface area contributed by atoms with Crippen molar-refractivity contribution in [1.29, 1.82) is 0 Å². The van der Waals surface area contributed by atoms with Gasteiger partial charge in [-0.2, -0.15) is 0 Å². The molecule has 3 rings (SSSR count). The number of hydrogen-bond acceptors (Lipinski definition) is 8. The molecule has 0 spiro atoms. The first-order valence-corrected chi connectivity index (χ1v) is 11.6. The van der Waals surface area contributed by atoms with Crippen LogP contribution in [0.2, 0.25) is 0 Å². The zero-order chi connectivity index (χ0) is 23.6. The minimum Gasteiger partial charge on any atom is -0.404 e. The normalized spacial score (nSPS) is 20.2. The molecule has 1 aromatic rings. The van der Waals surface area contributed by atoms with Gasteiger partial charge in [0.25, 0.3) is 0 Å². The molecule has 0 radical (unpaired) electrons. The van der Waals surface area contributed by atoms with E-state index < -0.39 is 0 Å². The van der Waals surface area contributed by atoms with E-state index in [1.165, 1.54) is 0 Å². The summed E-state index contributed by atoms with van der Waals surface area (Å²) in [6.07, 6.45) is 15.8. The zero-order valence-corrected chi connectivity index (χ0v) is 19.6. The average Bonchev–Trinajstić information content (AvgIpc) is 2.82. The second-order valence-corrected chi connectivity index (χ2v) is 8.71. The molecule has 1 aromatic heterocycles. The van der Waals surface area contributed by atoms with Gasteiger partial charge in [0.05, 0.1) is 17.2 Å². The summed E-state index contributed by atoms with van der Waals surface area (Å²) in [5, 5.41) is 6.68. The highest BCUT2D eigenvalue weighted by molar-refractivity contribution is 6.09. The molecule has 2 aliphatic heterocycles. The Balaban J connectivity index is 1.62. The van der Waals surface area contributed by atoms with Gasteiger partial charge in [-0.25, -0.2) is 0 Å². The Labute approximate surface area is 196 Å². The minimum absolute atomic E-state index is 0.171. The van der Waals surface area contributed by atoms with Gasteiger partial charge in [-0.05, 0) is 67.2 Å². The van der Waals surface area contributed by atoms with Gasteiger partial charge < -0.3 is 32.6 Å². The number of aromatic nitrogens is 1. The molecule has 0 amide bonds. The second kappa shape index (κ2) is 12.1. The van der Waals surface area contributed by atoms with E-state index in [1.54, 1.807) is 12.4 Å². The number of allylic oxidation sites excluding steroid dienone is 3. The predicted molar refractivity (Wildman–Crippen MR) is 137 cm³/mol. The summed E-state index contributed by atoms with van der Waals surface area (Å²) >= 11 is 0. The summed E-state index contributed by atoms with van der Waals surface area (Å²) < 4.78 is 5.42. The van der Waals surface area contributed by atoms with Crippen molar-refractivity contribution in [2.75, 3.05) is 25.1 Å². The third-order valence-electron chi connectivity index (χ3n) is 5.93. The smallest absolute Gasteiger partial charge is 0.117 e. The fourth-order valence-electron chi connectivity index (χ4n) is 3.85. The fourth-order valence-corrected chi connectivity index (χ4v) is 3.85. The molecule has 0 aliphatic carbocycles. The van der Waals surface area contributed by atoms with Crippen LogP contribution >= 0.6 is 0 Å². The molecule has 1 unspecified atom stereocenters. The Morgan fingerprint density at radius 2 is 2.09 bits per heavy atom. The monoisotopic (exact) mass is 451 g/mol. The molecule has 8 heteroatoms. The average molecular weight is 452 g/mol. The van der Waals surface area contributed by atoms with E-state index in [4.69, 9.17) is 21.9 Å². The maximum atomic E-state index is 6.17. The van der Waals surface area contributed by atoms with E-state index >= 15 is 0 Å². The van der Waals surface area contributed by atoms with Crippen molar-refractivity contribution in [3.63, 3.8) is 0 Å². The Kier molecular flexibility index (Phi) is 8.95. The molecular formula is C25H37N7O. The van der Waals surface area contributed by atoms with Crippen LogP contribution in [0.25, 0.3) is 11.6 Å². The molecule has 178 valence electrons. The number of aliphatic imine (C=N–C) groups is 1. The van der Waals surface area contributed by atoms with E-state index in [1.807, 2.05) is 36.7 Å². The summed E-state index contributed by atoms with van der Waals surface area (Å²) in [7, 11) is 0. The quantitative estimate of drug-likeness (QED) is 0.287. The van der Waals surface area contributed by atoms with E-state index in [-0.39, 0.29) is 12.1 Å². The summed E-state index contributed by atoms with van der Waals surface area (Å²) in [4.78, 5) is 9.17. The number of pyridine rings is 1. The molecule has 3 heterocycles. The number of ether oxygens (including phenoxy) is 1. The highest BCUT2D eigenvalue weighted by atomic mass is 16.5. The maximum Gasteiger partial charge on any atom is 0.117 e. The lowest BCUT2D eigenvalue weighted by molar-refractivity contribution is 0.0647. The minimum atomic E-state index is -0.171. The number of rotatable bonds is 9. The number of nitrogens with two attached hydrogens (primary N) is 3. The molecule has 2 aliphatic rings. The summed E-state index contributed by atoms with van der Waals surface area (Å²) in [6.45, 7) is 6.66. The zero-order valence-electron chi connectivity index (χ0n) is 19.6. The van der Waals surface area contributed by atoms with Gasteiger partial charge in [0.15, 0.2) is 0 Å². The molecular weight excluding hydrogens is 414 g/mol. The molecule has 8 nitrogen and oxygen atoms in total. The maximum absolute atomic E-state index is 6.17. The first kappa shape index (κ1) is 24.4. The van der Waals surface area contributed by atoms with Crippen LogP contribution in [0.15, 0.2) is 53.2 Å². The molecule has 1 saturated heterocycles. The van der Waals surface area contributed by atoms with Gasteiger partial charge >= 0.3 is 0 Å². The fraction of sp³-hybridized carbons (Fsp3) is 0.440. The molecule has 33 heavy (non-hydrogen) atoms. The lowest BCUT2D eigenvalue weighted by Gasteiger charge is -2.24. The van der Waals surface area contributed by atoms with Crippen molar-refractivity contribution in [2.24, 2.45) is 34.0 Å². The van der Waals surface area contributed by atoms with Crippen LogP contribution < -0.4 is 27.8 Å². The standard InChI is InChI=1S/C25H37N7O/c1-17(2)19(13-26)12-24(28)32-25-4-3-22-23(31-25)11-20(16-30-22)21(14-27)15-29-8-5-18-6-9-33-10-7-18/h3-4,11-18,25,31-32H,5-10,26-28H2,1-2H3/b19-13+,21-14?,24-12+,29-15?. The number of hydrogen-bond donors (Lipinski definition) is 5. The van der Waals surface area contributed by atoms with Crippen LogP contribution in [-0.4, -0.2) is 37.1 Å². The predicted octanol–water partition coefficient (Wildman–Crippen LogP) is 2.92. The van der Waals surface area contributed by atoms with E-state index in [0.717, 1.165) is 67.1 Å². The SMILES string of the molecule is CC(C)C(=C/N)/C=C(\N)NC1C=Cc2ncc(C(C=NCCC3CCOCC3)=CN)cc2N1. The van der Waals surface area contributed by atoms with Crippen LogP contribution in [0.3, 0.4) is 0 Å². The second-order valence-electron chi connectivity index (χ2n) is 8.71. The summed E-state index contributed by atoms with van der Waals surface area (Å²) in [5.74, 6) is 1.53. The lowest BCUT2D eigenvalue weighted by atomic mass is 9.97. The van der Waals surface area contributed by atoms with Crippen LogP contribution in [0.4, 0.5) is 5.69 Å². The van der Waals surface area contributed by atoms with Gasteiger partial charge in [0.2, 0.25) is 0 Å². The number of fused-ring (bicyclic) bond motifs is 1. The highest BCUT2D eigenvalue weighted by Crippen LogP contribution is 2.25. The molecule has 1 fully saturated rings. The molecule has 0 bridgehead atoms. The number of nitrogens with zero attached hydrogens (tertiary/aromatic N) is 2. The van der Waals surface area contributed by atoms with Crippen molar-refractivity contribution in [1.82, 2.24) is 10.3 Å². The van der Waals surface area contributed by atoms with Crippen molar-refractivity contribution in [3.05, 3.63) is 59.5 Å². The number of anilines is 1. The summed E-state index contributed by atoms with van der Waals surface area (Å²) in [6, 6.07) is 2.03. The van der Waals surface area contributed by atoms with Gasteiger partial charge in [0.1, 0.15) is 6.17 Å². The highest BCUT2D eigenvalue weighted by Gasteiger charge is 2.16. The molecule has 8 N–H and O–H groups in total. The van der Waals surface area contributed by atoms with Crippen LogP contribution in [0, 0.1) is 11.8 Å². The summed E-state index contributed by atoms with van der Waals surface area (Å²) in [5.41, 5.74) is 22.2. The van der Waals surface area contributed by atoms with Gasteiger partial charge in [-0.15, -0.1) is 0 Å². The van der Waals surface area contributed by atoms with Gasteiger partial charge in [-0.3, -0.25) is 9.98 Å². The topological polar surface area (TPSA) is 137 Å². The van der Waals surface area contributed by atoms with Gasteiger partial charge in [-0.1, -0.05) is 13.8 Å². The van der Waals surface area contributed by atoms with E-state index in [0.29, 0.717) is 11.7 Å². The number of nitrogens with one attached hydrogen (secondary N) is 2. The Morgan fingerprint density at radius 1 is 1.30 bits per heavy atom. The lowest BCUT2D eigenvalue weighted by Crippen LogP contribution is -2.38. The van der Waals surface area contributed by atoms with E-state index in [9.17, 15) is 0 Å². The molecule has 1 atom stereocenters. The molecule has 0 aromatic carbocycles. The van der Waals surface area contributed by atoms with Crippen molar-refractivity contribution in [3.8, 4) is 0 Å². The van der Waals surface area contributed by atoms with Crippen LogP contribution in [0.5, 0.6) is 0 Å². The van der Waals surface area contributed by atoms with E-state index in [2.05, 4.69) is 34.5 Å². The van der Waals surface area contributed by atoms with Crippen molar-refractivity contribution >= 4 is 23.6 Å². The Bertz CT molecular complexity index is 940. The van der Waals surface area contributed by atoms with Crippen LogP contribution in [0.1, 0.15) is 44.4 Å². The Hall–Kier alpha value is -3.26. The van der Waals surface area contributed by atoms with Crippen molar-refractivity contribution < 1.29 is 4.74 Å². The largest absolute Gasteiger partial charge is 0.404 e. The Morgan fingerprint density at radius 3 is 2.79 bits per heavy atom.